The molecule has 1 aliphatic carbocycles. The topological polar surface area (TPSA) is 45.0 Å². The van der Waals surface area contributed by atoms with Gasteiger partial charge in [0.15, 0.2) is 11.6 Å². The third-order valence-corrected chi connectivity index (χ3v) is 3.68. The zero-order valence-corrected chi connectivity index (χ0v) is 12.3. The Kier molecular flexibility index (Phi) is 4.79. The standard InChI is InChI=1S/C16H20F2N2O/c1-11(2)20-16(10-19)7-3-4-13(9-16)21-12-5-6-14(17)15(18)8-12/h5-6,8,11,13,20H,3-4,7,9H2,1-2H3. The van der Waals surface area contributed by atoms with Gasteiger partial charge in [-0.2, -0.15) is 5.26 Å². The van der Waals surface area contributed by atoms with Gasteiger partial charge in [-0.25, -0.2) is 8.78 Å². The van der Waals surface area contributed by atoms with Crippen LogP contribution < -0.4 is 10.1 Å². The molecule has 21 heavy (non-hydrogen) atoms. The molecule has 0 saturated heterocycles. The first kappa shape index (κ1) is 15.7. The zero-order valence-electron chi connectivity index (χ0n) is 12.3. The van der Waals surface area contributed by atoms with Crippen LogP contribution in [0.15, 0.2) is 18.2 Å². The normalized spacial score (nSPS) is 25.6. The van der Waals surface area contributed by atoms with Crippen molar-refractivity contribution in [1.82, 2.24) is 5.32 Å². The van der Waals surface area contributed by atoms with Gasteiger partial charge in [0.25, 0.3) is 0 Å². The Morgan fingerprint density at radius 1 is 1.38 bits per heavy atom. The zero-order chi connectivity index (χ0) is 15.5. The maximum atomic E-state index is 13.2. The van der Waals surface area contributed by atoms with E-state index in [0.717, 1.165) is 31.4 Å². The van der Waals surface area contributed by atoms with Gasteiger partial charge < -0.3 is 4.74 Å². The van der Waals surface area contributed by atoms with E-state index in [4.69, 9.17) is 4.74 Å². The second kappa shape index (κ2) is 6.40. The first-order chi connectivity index (χ1) is 9.94. The minimum atomic E-state index is -0.921. The molecule has 2 unspecified atom stereocenters. The average molecular weight is 294 g/mol. The maximum Gasteiger partial charge on any atom is 0.162 e. The first-order valence-electron chi connectivity index (χ1n) is 7.25. The van der Waals surface area contributed by atoms with Crippen LogP contribution in [-0.4, -0.2) is 17.7 Å². The fourth-order valence-corrected chi connectivity index (χ4v) is 2.89. The van der Waals surface area contributed by atoms with Crippen LogP contribution in [0.1, 0.15) is 39.5 Å². The van der Waals surface area contributed by atoms with E-state index in [0.29, 0.717) is 12.2 Å². The van der Waals surface area contributed by atoms with E-state index in [1.54, 1.807) is 0 Å². The Morgan fingerprint density at radius 3 is 2.76 bits per heavy atom. The van der Waals surface area contributed by atoms with Gasteiger partial charge in [-0.05, 0) is 45.2 Å². The van der Waals surface area contributed by atoms with Crippen molar-refractivity contribution in [3.63, 3.8) is 0 Å². The lowest BCUT2D eigenvalue weighted by Crippen LogP contribution is -2.52. The molecule has 2 rings (SSSR count). The lowest BCUT2D eigenvalue weighted by molar-refractivity contribution is 0.108. The van der Waals surface area contributed by atoms with Crippen LogP contribution >= 0.6 is 0 Å². The van der Waals surface area contributed by atoms with Crippen molar-refractivity contribution in [2.75, 3.05) is 0 Å². The summed E-state index contributed by atoms with van der Waals surface area (Å²) < 4.78 is 31.9. The number of benzene rings is 1. The molecule has 0 spiro atoms. The van der Waals surface area contributed by atoms with Crippen LogP contribution in [0.2, 0.25) is 0 Å². The molecule has 1 saturated carbocycles. The van der Waals surface area contributed by atoms with E-state index in [1.807, 2.05) is 13.8 Å². The van der Waals surface area contributed by atoms with Gasteiger partial charge >= 0.3 is 0 Å². The molecule has 0 radical (unpaired) electrons. The van der Waals surface area contributed by atoms with Crippen molar-refractivity contribution in [3.05, 3.63) is 29.8 Å². The van der Waals surface area contributed by atoms with Crippen molar-refractivity contribution >= 4 is 0 Å². The molecule has 0 aromatic heterocycles. The van der Waals surface area contributed by atoms with Gasteiger partial charge in [0.1, 0.15) is 17.4 Å². The first-order valence-corrected chi connectivity index (χ1v) is 7.25. The number of hydrogen-bond acceptors (Lipinski definition) is 3. The second-order valence-corrected chi connectivity index (χ2v) is 5.91. The summed E-state index contributed by atoms with van der Waals surface area (Å²) in [6, 6.07) is 6.08. The highest BCUT2D eigenvalue weighted by atomic mass is 19.2. The van der Waals surface area contributed by atoms with Crippen molar-refractivity contribution in [1.29, 1.82) is 5.26 Å². The van der Waals surface area contributed by atoms with E-state index in [9.17, 15) is 14.0 Å². The number of nitriles is 1. The highest BCUT2D eigenvalue weighted by molar-refractivity contribution is 5.24. The Balaban J connectivity index is 2.07. The summed E-state index contributed by atoms with van der Waals surface area (Å²) in [7, 11) is 0. The van der Waals surface area contributed by atoms with Crippen LogP contribution in [0.25, 0.3) is 0 Å². The summed E-state index contributed by atoms with van der Waals surface area (Å²) >= 11 is 0. The minimum Gasteiger partial charge on any atom is -0.490 e. The summed E-state index contributed by atoms with van der Waals surface area (Å²) in [6.45, 7) is 4.00. The Bertz CT molecular complexity index is 542. The Labute approximate surface area is 123 Å². The van der Waals surface area contributed by atoms with Crippen LogP contribution in [0.3, 0.4) is 0 Å². The average Bonchev–Trinajstić information content (AvgIpc) is 2.42. The van der Waals surface area contributed by atoms with Gasteiger partial charge in [0.2, 0.25) is 0 Å². The summed E-state index contributed by atoms with van der Waals surface area (Å²) in [4.78, 5) is 0. The van der Waals surface area contributed by atoms with Crippen molar-refractivity contribution in [2.24, 2.45) is 0 Å². The predicted molar refractivity (Wildman–Crippen MR) is 75.9 cm³/mol. The number of nitrogens with zero attached hydrogens (tertiary/aromatic N) is 1. The van der Waals surface area contributed by atoms with E-state index < -0.39 is 17.2 Å². The summed E-state index contributed by atoms with van der Waals surface area (Å²) in [5.74, 6) is -1.51. The predicted octanol–water partition coefficient (Wildman–Crippen LogP) is 3.55. The molecule has 1 fully saturated rings. The quantitative estimate of drug-likeness (QED) is 0.923. The van der Waals surface area contributed by atoms with E-state index >= 15 is 0 Å². The third kappa shape index (κ3) is 3.92. The molecule has 1 N–H and O–H groups in total. The molecule has 5 heteroatoms. The Morgan fingerprint density at radius 2 is 2.14 bits per heavy atom. The molecule has 0 aliphatic heterocycles. The van der Waals surface area contributed by atoms with Gasteiger partial charge in [0, 0.05) is 18.5 Å². The lowest BCUT2D eigenvalue weighted by Gasteiger charge is -2.37. The van der Waals surface area contributed by atoms with Crippen molar-refractivity contribution < 1.29 is 13.5 Å². The number of rotatable bonds is 4. The van der Waals surface area contributed by atoms with Gasteiger partial charge in [-0.15, -0.1) is 0 Å². The molecule has 2 atom stereocenters. The molecule has 3 nitrogen and oxygen atoms in total. The number of nitrogens with one attached hydrogen (secondary N) is 1. The molecule has 1 aromatic carbocycles. The molecule has 0 amide bonds. The highest BCUT2D eigenvalue weighted by Crippen LogP contribution is 2.31. The molecule has 114 valence electrons. The van der Waals surface area contributed by atoms with Crippen LogP contribution in [0.4, 0.5) is 8.78 Å². The number of ether oxygens (including phenoxy) is 1. The van der Waals surface area contributed by atoms with E-state index in [-0.39, 0.29) is 12.1 Å². The van der Waals surface area contributed by atoms with Crippen molar-refractivity contribution in [2.45, 2.75) is 57.2 Å². The van der Waals surface area contributed by atoms with Gasteiger partial charge in [-0.3, -0.25) is 5.32 Å². The molecular formula is C16H20F2N2O. The van der Waals surface area contributed by atoms with Crippen LogP contribution in [0.5, 0.6) is 5.75 Å². The molecule has 0 bridgehead atoms. The van der Waals surface area contributed by atoms with Gasteiger partial charge in [-0.1, -0.05) is 0 Å². The van der Waals surface area contributed by atoms with Crippen molar-refractivity contribution in [3.8, 4) is 11.8 Å². The smallest absolute Gasteiger partial charge is 0.162 e. The fraction of sp³-hybridized carbons (Fsp3) is 0.562. The fourth-order valence-electron chi connectivity index (χ4n) is 2.89. The van der Waals surface area contributed by atoms with E-state index in [2.05, 4.69) is 11.4 Å². The molecule has 1 aliphatic rings. The highest BCUT2D eigenvalue weighted by Gasteiger charge is 2.37. The van der Waals surface area contributed by atoms with Gasteiger partial charge in [0.05, 0.1) is 6.07 Å². The third-order valence-electron chi connectivity index (χ3n) is 3.68. The largest absolute Gasteiger partial charge is 0.490 e. The molecule has 1 aromatic rings. The maximum absolute atomic E-state index is 13.2. The SMILES string of the molecule is CC(C)NC1(C#N)CCCC(Oc2ccc(F)c(F)c2)C1. The van der Waals surface area contributed by atoms with Crippen LogP contribution in [0, 0.1) is 23.0 Å². The molecule has 0 heterocycles. The minimum absolute atomic E-state index is 0.172. The Hall–Kier alpha value is -1.67. The van der Waals surface area contributed by atoms with Crippen LogP contribution in [-0.2, 0) is 0 Å². The summed E-state index contributed by atoms with van der Waals surface area (Å²) in [5, 5.41) is 12.8. The lowest BCUT2D eigenvalue weighted by atomic mass is 9.80. The number of hydrogen-bond donors (Lipinski definition) is 1. The second-order valence-electron chi connectivity index (χ2n) is 5.91. The summed E-state index contributed by atoms with van der Waals surface area (Å²) in [5.41, 5.74) is -0.602. The monoisotopic (exact) mass is 294 g/mol. The molecular weight excluding hydrogens is 274 g/mol. The summed E-state index contributed by atoms with van der Waals surface area (Å²) in [6.07, 6.45) is 2.82. The van der Waals surface area contributed by atoms with E-state index in [1.165, 1.54) is 6.07 Å². The number of halogens is 2.